The summed E-state index contributed by atoms with van der Waals surface area (Å²) in [6.07, 6.45) is 7.95. The summed E-state index contributed by atoms with van der Waals surface area (Å²) < 4.78 is 0. The van der Waals surface area contributed by atoms with Crippen molar-refractivity contribution in [2.24, 2.45) is 0 Å². The minimum absolute atomic E-state index is 1.23. The lowest BCUT2D eigenvalue weighted by Crippen LogP contribution is -1.89. The first-order valence-electron chi connectivity index (χ1n) is 3.90. The van der Waals surface area contributed by atoms with Gasteiger partial charge < -0.3 is 0 Å². The molecule has 0 heterocycles. The highest BCUT2D eigenvalue weighted by atomic mass is 79.9. The van der Waals surface area contributed by atoms with E-state index in [1.165, 1.54) is 44.4 Å². The van der Waals surface area contributed by atoms with E-state index in [9.17, 15) is 0 Å². The van der Waals surface area contributed by atoms with Gasteiger partial charge in [0.25, 0.3) is 0 Å². The molecule has 55 valence electrons. The average Bonchev–Trinajstić information content (AvgIpc) is 2.17. The number of hydrogen-bond acceptors (Lipinski definition) is 0. The van der Waals surface area contributed by atoms with Crippen LogP contribution in [0.1, 0.15) is 38.5 Å². The quantitative estimate of drug-likeness (QED) is 0.415. The fourth-order valence-electron chi connectivity index (χ4n) is 1.35. The fraction of sp³-hybridized carbons (Fsp3) is 0.667. The summed E-state index contributed by atoms with van der Waals surface area (Å²) in [6, 6.07) is 0. The molecule has 0 N–H and O–H groups in total. The molecule has 0 aromatic rings. The summed E-state index contributed by atoms with van der Waals surface area (Å²) >= 11 is 3.13. The maximum Gasteiger partial charge on any atom is 0.0489 e. The topological polar surface area (TPSA) is 0 Å². The van der Waals surface area contributed by atoms with Crippen molar-refractivity contribution in [1.29, 1.82) is 0 Å². The molecule has 1 heteroatoms. The second-order valence-electron chi connectivity index (χ2n) is 2.74. The van der Waals surface area contributed by atoms with Gasteiger partial charge in [0, 0.05) is 21.8 Å². The highest BCUT2D eigenvalue weighted by molar-refractivity contribution is 9.12. The minimum atomic E-state index is 1.23. The Bertz CT molecular complexity index is 133. The molecule has 0 aliphatic heterocycles. The molecule has 1 aliphatic carbocycles. The average molecular weight is 200 g/mol. The second-order valence-corrected chi connectivity index (χ2v) is 3.13. The van der Waals surface area contributed by atoms with E-state index < -0.39 is 0 Å². The first-order valence-corrected chi connectivity index (χ1v) is 4.69. The van der Waals surface area contributed by atoms with Gasteiger partial charge in [0.1, 0.15) is 0 Å². The van der Waals surface area contributed by atoms with Crippen molar-refractivity contribution in [3.8, 4) is 10.8 Å². The molecule has 0 aromatic heterocycles. The third-order valence-corrected chi connectivity index (χ3v) is 2.13. The second kappa shape index (κ2) is 4.79. The summed E-state index contributed by atoms with van der Waals surface area (Å²) in [4.78, 5) is 2.79. The third kappa shape index (κ3) is 2.75. The van der Waals surface area contributed by atoms with E-state index in [4.69, 9.17) is 0 Å². The maximum absolute atomic E-state index is 3.13. The van der Waals surface area contributed by atoms with Gasteiger partial charge in [0.2, 0.25) is 0 Å². The van der Waals surface area contributed by atoms with Crippen molar-refractivity contribution in [3.05, 3.63) is 5.92 Å². The molecule has 10 heavy (non-hydrogen) atoms. The predicted octanol–water partition coefficient (Wildman–Crippen LogP) is 3.27. The summed E-state index contributed by atoms with van der Waals surface area (Å²) in [5, 5.41) is 0. The van der Waals surface area contributed by atoms with Gasteiger partial charge in [-0.3, -0.25) is 0 Å². The monoisotopic (exact) mass is 199 g/mol. The van der Waals surface area contributed by atoms with Crippen LogP contribution in [-0.2, 0) is 0 Å². The Balaban J connectivity index is 2.33. The van der Waals surface area contributed by atoms with Gasteiger partial charge in [0.05, 0.1) is 0 Å². The molecule has 0 amide bonds. The molecule has 1 radical (unpaired) electrons. The van der Waals surface area contributed by atoms with Crippen LogP contribution < -0.4 is 0 Å². The SMILES string of the molecule is BrC#C[C]1CCCCCC1. The zero-order valence-electron chi connectivity index (χ0n) is 6.12. The standard InChI is InChI=1S/C9H12Br/c10-8-7-9-5-3-1-2-4-6-9/h1-6H2. The zero-order valence-corrected chi connectivity index (χ0v) is 7.71. The largest absolute Gasteiger partial charge is 0.0824 e. The van der Waals surface area contributed by atoms with Crippen LogP contribution in [0.2, 0.25) is 0 Å². The first kappa shape index (κ1) is 8.14. The predicted molar refractivity (Wildman–Crippen MR) is 47.6 cm³/mol. The molecule has 0 nitrogen and oxygen atoms in total. The summed E-state index contributed by atoms with van der Waals surface area (Å²) in [5.74, 6) is 4.55. The summed E-state index contributed by atoms with van der Waals surface area (Å²) in [6.45, 7) is 0. The van der Waals surface area contributed by atoms with Crippen LogP contribution >= 0.6 is 15.9 Å². The van der Waals surface area contributed by atoms with E-state index in [1.54, 1.807) is 0 Å². The van der Waals surface area contributed by atoms with E-state index in [0.717, 1.165) is 0 Å². The van der Waals surface area contributed by atoms with E-state index in [1.807, 2.05) is 0 Å². The third-order valence-electron chi connectivity index (χ3n) is 1.93. The summed E-state index contributed by atoms with van der Waals surface area (Å²) in [7, 11) is 0. The Morgan fingerprint density at radius 3 is 2.10 bits per heavy atom. The first-order chi connectivity index (χ1) is 4.93. The van der Waals surface area contributed by atoms with Gasteiger partial charge in [-0.05, 0) is 17.7 Å². The van der Waals surface area contributed by atoms with Crippen LogP contribution in [0.4, 0.5) is 0 Å². The van der Waals surface area contributed by atoms with Crippen molar-refractivity contribution in [3.63, 3.8) is 0 Å². The highest BCUT2D eigenvalue weighted by Crippen LogP contribution is 2.23. The van der Waals surface area contributed by atoms with Crippen molar-refractivity contribution >= 4 is 15.9 Å². The van der Waals surface area contributed by atoms with Gasteiger partial charge in [-0.1, -0.05) is 31.6 Å². The molecule has 0 saturated heterocycles. The molecule has 1 saturated carbocycles. The van der Waals surface area contributed by atoms with Crippen LogP contribution in [0.5, 0.6) is 0 Å². The highest BCUT2D eigenvalue weighted by Gasteiger charge is 2.09. The van der Waals surface area contributed by atoms with Crippen LogP contribution in [0.15, 0.2) is 0 Å². The van der Waals surface area contributed by atoms with Gasteiger partial charge in [-0.15, -0.1) is 0 Å². The molecule has 1 aliphatic rings. The van der Waals surface area contributed by atoms with Gasteiger partial charge in [0.15, 0.2) is 0 Å². The van der Waals surface area contributed by atoms with Gasteiger partial charge in [-0.2, -0.15) is 0 Å². The Hall–Kier alpha value is 0.0400. The van der Waals surface area contributed by atoms with Gasteiger partial charge >= 0.3 is 0 Å². The number of halogens is 1. The molecule has 1 fully saturated rings. The zero-order chi connectivity index (χ0) is 7.23. The molecular weight excluding hydrogens is 188 g/mol. The molecule has 0 atom stereocenters. The normalized spacial score (nSPS) is 20.9. The number of rotatable bonds is 0. The van der Waals surface area contributed by atoms with Gasteiger partial charge in [-0.25, -0.2) is 0 Å². The molecule has 0 spiro atoms. The lowest BCUT2D eigenvalue weighted by Gasteiger charge is -2.01. The van der Waals surface area contributed by atoms with Crippen molar-refractivity contribution in [1.82, 2.24) is 0 Å². The van der Waals surface area contributed by atoms with Crippen molar-refractivity contribution < 1.29 is 0 Å². The number of hydrogen-bond donors (Lipinski definition) is 0. The molecule has 0 aromatic carbocycles. The van der Waals surface area contributed by atoms with Crippen LogP contribution in [0.25, 0.3) is 0 Å². The van der Waals surface area contributed by atoms with Crippen LogP contribution in [0.3, 0.4) is 0 Å². The Morgan fingerprint density at radius 2 is 1.60 bits per heavy atom. The molecule has 0 unspecified atom stereocenters. The van der Waals surface area contributed by atoms with E-state index in [2.05, 4.69) is 26.7 Å². The van der Waals surface area contributed by atoms with E-state index in [-0.39, 0.29) is 0 Å². The van der Waals surface area contributed by atoms with E-state index >= 15 is 0 Å². The molecular formula is C9H12Br. The Labute approximate surface area is 71.5 Å². The van der Waals surface area contributed by atoms with E-state index in [0.29, 0.717) is 0 Å². The Kier molecular flexibility index (Phi) is 3.90. The summed E-state index contributed by atoms with van der Waals surface area (Å²) in [5.41, 5.74) is 0. The fourth-order valence-corrected chi connectivity index (χ4v) is 1.63. The lowest BCUT2D eigenvalue weighted by molar-refractivity contribution is 0.702. The smallest absolute Gasteiger partial charge is 0.0489 e. The lowest BCUT2D eigenvalue weighted by atomic mass is 10.0. The maximum atomic E-state index is 3.13. The van der Waals surface area contributed by atoms with Crippen LogP contribution in [-0.4, -0.2) is 0 Å². The van der Waals surface area contributed by atoms with Crippen molar-refractivity contribution in [2.75, 3.05) is 0 Å². The Morgan fingerprint density at radius 1 is 1.00 bits per heavy atom. The van der Waals surface area contributed by atoms with Crippen molar-refractivity contribution in [2.45, 2.75) is 38.5 Å². The van der Waals surface area contributed by atoms with Crippen LogP contribution in [0, 0.1) is 16.7 Å². The minimum Gasteiger partial charge on any atom is -0.0824 e. The molecule has 1 rings (SSSR count). The molecule has 0 bridgehead atoms.